The lowest BCUT2D eigenvalue weighted by Gasteiger charge is -2.16. The molecule has 1 aromatic rings. The lowest BCUT2D eigenvalue weighted by Crippen LogP contribution is -2.33. The second kappa shape index (κ2) is 2.52. The summed E-state index contributed by atoms with van der Waals surface area (Å²) in [5, 5.41) is 0. The van der Waals surface area contributed by atoms with Gasteiger partial charge in [0, 0.05) is 23.9 Å². The fourth-order valence-electron chi connectivity index (χ4n) is 1.57. The van der Waals surface area contributed by atoms with E-state index in [1.165, 1.54) is 0 Å². The molecule has 0 aliphatic heterocycles. The van der Waals surface area contributed by atoms with Crippen LogP contribution in [0.15, 0.2) is 18.5 Å². The van der Waals surface area contributed by atoms with E-state index in [9.17, 15) is 0 Å². The number of hydrogen-bond acceptors (Lipinski definition) is 3. The van der Waals surface area contributed by atoms with Gasteiger partial charge in [-0.3, -0.25) is 0 Å². The van der Waals surface area contributed by atoms with Crippen molar-refractivity contribution in [3.8, 4) is 0 Å². The van der Waals surface area contributed by atoms with E-state index in [1.807, 2.05) is 13.0 Å². The van der Waals surface area contributed by atoms with Crippen LogP contribution in [-0.4, -0.2) is 16.0 Å². The van der Waals surface area contributed by atoms with Gasteiger partial charge in [-0.25, -0.2) is 9.97 Å². The van der Waals surface area contributed by atoms with Gasteiger partial charge in [0.1, 0.15) is 5.82 Å². The van der Waals surface area contributed by atoms with Crippen molar-refractivity contribution < 1.29 is 0 Å². The number of hydrogen-bond donors (Lipinski definition) is 1. The Morgan fingerprint density at radius 3 is 2.42 bits per heavy atom. The largest absolute Gasteiger partial charge is 0.327 e. The second-order valence-corrected chi connectivity index (χ2v) is 3.52. The van der Waals surface area contributed by atoms with Crippen molar-refractivity contribution in [2.75, 3.05) is 0 Å². The molecule has 0 saturated heterocycles. The van der Waals surface area contributed by atoms with Gasteiger partial charge in [-0.2, -0.15) is 0 Å². The third kappa shape index (κ3) is 1.01. The van der Waals surface area contributed by atoms with Gasteiger partial charge in [0.05, 0.1) is 0 Å². The van der Waals surface area contributed by atoms with Gasteiger partial charge in [0.2, 0.25) is 0 Å². The Bertz CT molecular complexity index is 264. The Kier molecular flexibility index (Phi) is 1.61. The molecular formula is C9H13N3. The van der Waals surface area contributed by atoms with Gasteiger partial charge in [-0.1, -0.05) is 0 Å². The average Bonchev–Trinajstić information content (AvgIpc) is 2.86. The fourth-order valence-corrected chi connectivity index (χ4v) is 1.57. The zero-order chi connectivity index (χ0) is 8.60. The van der Waals surface area contributed by atoms with Gasteiger partial charge in [0.15, 0.2) is 0 Å². The first-order valence-electron chi connectivity index (χ1n) is 4.29. The fraction of sp³-hybridized carbons (Fsp3) is 0.556. The highest BCUT2D eigenvalue weighted by Gasteiger charge is 2.49. The van der Waals surface area contributed by atoms with Gasteiger partial charge < -0.3 is 5.73 Å². The van der Waals surface area contributed by atoms with Crippen molar-refractivity contribution in [3.05, 3.63) is 24.3 Å². The summed E-state index contributed by atoms with van der Waals surface area (Å²) in [6.07, 6.45) is 5.83. The molecule has 1 aromatic heterocycles. The minimum Gasteiger partial charge on any atom is -0.327 e. The summed E-state index contributed by atoms with van der Waals surface area (Å²) in [6.45, 7) is 2.03. The van der Waals surface area contributed by atoms with Crippen molar-refractivity contribution >= 4 is 0 Å². The minimum absolute atomic E-state index is 0.0985. The summed E-state index contributed by atoms with van der Waals surface area (Å²) >= 11 is 0. The van der Waals surface area contributed by atoms with E-state index >= 15 is 0 Å². The normalized spacial score (nSPS) is 21.8. The number of nitrogens with zero attached hydrogens (tertiary/aromatic N) is 2. The highest BCUT2D eigenvalue weighted by molar-refractivity contribution is 5.21. The molecule has 1 saturated carbocycles. The molecule has 1 fully saturated rings. The molecule has 1 aliphatic carbocycles. The molecule has 0 radical (unpaired) electrons. The summed E-state index contributed by atoms with van der Waals surface area (Å²) < 4.78 is 0. The molecule has 1 heterocycles. The van der Waals surface area contributed by atoms with Crippen LogP contribution in [0.25, 0.3) is 0 Å². The van der Waals surface area contributed by atoms with Gasteiger partial charge in [-0.05, 0) is 25.8 Å². The lowest BCUT2D eigenvalue weighted by molar-refractivity contribution is 0.525. The zero-order valence-electron chi connectivity index (χ0n) is 7.20. The Morgan fingerprint density at radius 1 is 1.42 bits per heavy atom. The average molecular weight is 163 g/mol. The standard InChI is InChI=1S/C9H13N3/c1-7(10)9(3-4-9)8-11-5-2-6-12-8/h2,5-7H,3-4,10H2,1H3. The molecule has 0 aromatic carbocycles. The summed E-state index contributed by atoms with van der Waals surface area (Å²) in [5.41, 5.74) is 5.98. The van der Waals surface area contributed by atoms with Crippen LogP contribution in [0.1, 0.15) is 25.6 Å². The number of nitrogens with two attached hydrogens (primary N) is 1. The van der Waals surface area contributed by atoms with Crippen molar-refractivity contribution in [1.29, 1.82) is 0 Å². The lowest BCUT2D eigenvalue weighted by atomic mass is 9.98. The van der Waals surface area contributed by atoms with Gasteiger partial charge >= 0.3 is 0 Å². The van der Waals surface area contributed by atoms with Crippen LogP contribution in [0.4, 0.5) is 0 Å². The van der Waals surface area contributed by atoms with Crippen LogP contribution >= 0.6 is 0 Å². The Balaban J connectivity index is 2.31. The first-order chi connectivity index (χ1) is 5.76. The summed E-state index contributed by atoms with van der Waals surface area (Å²) in [5.74, 6) is 0.917. The van der Waals surface area contributed by atoms with Crippen molar-refractivity contribution in [2.24, 2.45) is 5.73 Å². The third-order valence-corrected chi connectivity index (χ3v) is 2.67. The van der Waals surface area contributed by atoms with Crippen LogP contribution in [0.2, 0.25) is 0 Å². The maximum absolute atomic E-state index is 5.88. The highest BCUT2D eigenvalue weighted by Crippen LogP contribution is 2.48. The zero-order valence-corrected chi connectivity index (χ0v) is 7.20. The summed E-state index contributed by atoms with van der Waals surface area (Å²) in [7, 11) is 0. The van der Waals surface area contributed by atoms with E-state index in [4.69, 9.17) is 5.73 Å². The molecular weight excluding hydrogens is 150 g/mol. The molecule has 2 N–H and O–H groups in total. The van der Waals surface area contributed by atoms with Crippen LogP contribution in [-0.2, 0) is 5.41 Å². The molecule has 2 rings (SSSR count). The van der Waals surface area contributed by atoms with E-state index in [1.54, 1.807) is 12.4 Å². The monoisotopic (exact) mass is 163 g/mol. The maximum Gasteiger partial charge on any atom is 0.135 e. The van der Waals surface area contributed by atoms with E-state index in [-0.39, 0.29) is 11.5 Å². The van der Waals surface area contributed by atoms with Crippen molar-refractivity contribution in [1.82, 2.24) is 9.97 Å². The van der Waals surface area contributed by atoms with E-state index in [0.717, 1.165) is 18.7 Å². The molecule has 64 valence electrons. The molecule has 0 bridgehead atoms. The molecule has 0 spiro atoms. The molecule has 12 heavy (non-hydrogen) atoms. The van der Waals surface area contributed by atoms with E-state index in [2.05, 4.69) is 9.97 Å². The Hall–Kier alpha value is -0.960. The predicted molar refractivity (Wildman–Crippen MR) is 46.6 cm³/mol. The van der Waals surface area contributed by atoms with Crippen LogP contribution in [0.3, 0.4) is 0 Å². The SMILES string of the molecule is CC(N)C1(c2ncccn2)CC1. The molecule has 1 unspecified atom stereocenters. The maximum atomic E-state index is 5.88. The first-order valence-corrected chi connectivity index (χ1v) is 4.29. The smallest absolute Gasteiger partial charge is 0.135 e. The third-order valence-electron chi connectivity index (χ3n) is 2.67. The van der Waals surface area contributed by atoms with E-state index in [0.29, 0.717) is 0 Å². The highest BCUT2D eigenvalue weighted by atomic mass is 14.9. The molecule has 3 heteroatoms. The van der Waals surface area contributed by atoms with Gasteiger partial charge in [0.25, 0.3) is 0 Å². The first kappa shape index (κ1) is 7.68. The minimum atomic E-state index is 0.0985. The van der Waals surface area contributed by atoms with Crippen LogP contribution < -0.4 is 5.73 Å². The molecule has 0 amide bonds. The van der Waals surface area contributed by atoms with Crippen LogP contribution in [0, 0.1) is 0 Å². The molecule has 3 nitrogen and oxygen atoms in total. The van der Waals surface area contributed by atoms with Crippen molar-refractivity contribution in [3.63, 3.8) is 0 Å². The molecule has 1 aliphatic rings. The summed E-state index contributed by atoms with van der Waals surface area (Å²) in [4.78, 5) is 8.49. The predicted octanol–water partition coefficient (Wildman–Crippen LogP) is 0.855. The quantitative estimate of drug-likeness (QED) is 0.703. The van der Waals surface area contributed by atoms with Crippen molar-refractivity contribution in [2.45, 2.75) is 31.2 Å². The Morgan fingerprint density at radius 2 is 2.00 bits per heavy atom. The number of rotatable bonds is 2. The number of aromatic nitrogens is 2. The second-order valence-electron chi connectivity index (χ2n) is 3.52. The topological polar surface area (TPSA) is 51.8 Å². The van der Waals surface area contributed by atoms with Crippen LogP contribution in [0.5, 0.6) is 0 Å². The van der Waals surface area contributed by atoms with E-state index < -0.39 is 0 Å². The summed E-state index contributed by atoms with van der Waals surface area (Å²) in [6, 6.07) is 2.00. The Labute approximate surface area is 72.0 Å². The molecule has 1 atom stereocenters. The van der Waals surface area contributed by atoms with Gasteiger partial charge in [-0.15, -0.1) is 0 Å².